The third-order valence-corrected chi connectivity index (χ3v) is 2.77. The number of nitrogens with zero attached hydrogens (tertiary/aromatic N) is 1. The van der Waals surface area contributed by atoms with E-state index in [0.717, 1.165) is 5.56 Å². The lowest BCUT2D eigenvalue weighted by atomic mass is 10.2. The highest BCUT2D eigenvalue weighted by Gasteiger charge is 2.34. The third-order valence-electron chi connectivity index (χ3n) is 2.77. The normalized spacial score (nSPS) is 15.2. The molecule has 1 heterocycles. The molecule has 1 aromatic carbocycles. The molecular formula is C13H13NO4. The van der Waals surface area contributed by atoms with Crippen LogP contribution in [0, 0.1) is 0 Å². The standard InChI is InChI=1S/C13H13NO4/c1-18-13(17)10-8-14(12(16)11(10)15)7-9-5-3-2-4-6-9/h2-6,15H,7-8H2,1H3. The molecule has 1 aliphatic rings. The minimum atomic E-state index is -0.670. The van der Waals surface area contributed by atoms with Crippen molar-refractivity contribution in [2.75, 3.05) is 13.7 Å². The zero-order chi connectivity index (χ0) is 13.1. The quantitative estimate of drug-likeness (QED) is 0.810. The number of benzene rings is 1. The lowest BCUT2D eigenvalue weighted by molar-refractivity contribution is -0.136. The summed E-state index contributed by atoms with van der Waals surface area (Å²) in [5.41, 5.74) is 0.947. The number of aliphatic hydroxyl groups is 1. The number of rotatable bonds is 3. The van der Waals surface area contributed by atoms with Crippen molar-refractivity contribution >= 4 is 11.9 Å². The number of methoxy groups -OCH3 is 1. The molecule has 0 radical (unpaired) electrons. The van der Waals surface area contributed by atoms with E-state index in [1.165, 1.54) is 12.0 Å². The molecule has 0 saturated heterocycles. The summed E-state index contributed by atoms with van der Waals surface area (Å²) >= 11 is 0. The maximum absolute atomic E-state index is 11.8. The molecule has 1 aliphatic heterocycles. The van der Waals surface area contributed by atoms with Crippen molar-refractivity contribution < 1.29 is 19.4 Å². The number of esters is 1. The molecular weight excluding hydrogens is 234 g/mol. The van der Waals surface area contributed by atoms with Gasteiger partial charge in [-0.1, -0.05) is 30.3 Å². The minimum absolute atomic E-state index is 0.0124. The summed E-state index contributed by atoms with van der Waals surface area (Å²) in [6, 6.07) is 9.36. The first-order valence-corrected chi connectivity index (χ1v) is 5.47. The van der Waals surface area contributed by atoms with E-state index in [0.29, 0.717) is 6.54 Å². The minimum Gasteiger partial charge on any atom is -0.503 e. The van der Waals surface area contributed by atoms with Crippen molar-refractivity contribution in [3.05, 3.63) is 47.2 Å². The van der Waals surface area contributed by atoms with E-state index < -0.39 is 17.6 Å². The van der Waals surface area contributed by atoms with Crippen molar-refractivity contribution in [3.63, 3.8) is 0 Å². The molecule has 0 fully saturated rings. The predicted molar refractivity (Wildman–Crippen MR) is 63.5 cm³/mol. The van der Waals surface area contributed by atoms with Gasteiger partial charge < -0.3 is 14.7 Å². The summed E-state index contributed by atoms with van der Waals surface area (Å²) in [5, 5.41) is 9.60. The second kappa shape index (κ2) is 4.91. The molecule has 1 aromatic rings. The number of ether oxygens (including phenoxy) is 1. The van der Waals surface area contributed by atoms with E-state index in [1.54, 1.807) is 0 Å². The lowest BCUT2D eigenvalue weighted by Gasteiger charge is -2.15. The summed E-state index contributed by atoms with van der Waals surface area (Å²) in [4.78, 5) is 24.5. The maximum Gasteiger partial charge on any atom is 0.339 e. The smallest absolute Gasteiger partial charge is 0.339 e. The molecule has 0 saturated carbocycles. The van der Waals surface area contributed by atoms with Gasteiger partial charge >= 0.3 is 5.97 Å². The van der Waals surface area contributed by atoms with Gasteiger partial charge in [-0.05, 0) is 5.56 Å². The highest BCUT2D eigenvalue weighted by atomic mass is 16.5. The first-order chi connectivity index (χ1) is 8.63. The zero-order valence-corrected chi connectivity index (χ0v) is 9.92. The van der Waals surface area contributed by atoms with Crippen molar-refractivity contribution in [3.8, 4) is 0 Å². The maximum atomic E-state index is 11.8. The zero-order valence-electron chi connectivity index (χ0n) is 9.92. The summed E-state index contributed by atoms with van der Waals surface area (Å²) in [6.07, 6.45) is 0. The summed E-state index contributed by atoms with van der Waals surface area (Å²) in [6.45, 7) is 0.427. The molecule has 94 valence electrons. The van der Waals surface area contributed by atoms with Crippen LogP contribution in [0.4, 0.5) is 0 Å². The van der Waals surface area contributed by atoms with Gasteiger partial charge in [0.25, 0.3) is 5.91 Å². The van der Waals surface area contributed by atoms with Gasteiger partial charge in [0, 0.05) is 6.54 Å². The van der Waals surface area contributed by atoms with Gasteiger partial charge in [0.1, 0.15) is 5.57 Å². The van der Waals surface area contributed by atoms with Crippen molar-refractivity contribution in [1.29, 1.82) is 0 Å². The van der Waals surface area contributed by atoms with E-state index in [2.05, 4.69) is 4.74 Å². The molecule has 1 N–H and O–H groups in total. The van der Waals surface area contributed by atoms with Crippen molar-refractivity contribution in [2.45, 2.75) is 6.54 Å². The molecule has 0 aromatic heterocycles. The van der Waals surface area contributed by atoms with Gasteiger partial charge in [0.05, 0.1) is 13.7 Å². The van der Waals surface area contributed by atoms with Gasteiger partial charge in [-0.2, -0.15) is 0 Å². The summed E-state index contributed by atoms with van der Waals surface area (Å²) in [5.74, 6) is -1.73. The molecule has 1 amide bonds. The fourth-order valence-electron chi connectivity index (χ4n) is 1.83. The molecule has 0 unspecified atom stereocenters. The van der Waals surface area contributed by atoms with Gasteiger partial charge in [0.15, 0.2) is 5.76 Å². The number of hydrogen-bond donors (Lipinski definition) is 1. The fraction of sp³-hybridized carbons (Fsp3) is 0.231. The van der Waals surface area contributed by atoms with E-state index in [4.69, 9.17) is 0 Å². The van der Waals surface area contributed by atoms with E-state index in [-0.39, 0.29) is 12.1 Å². The number of hydrogen-bond acceptors (Lipinski definition) is 4. The van der Waals surface area contributed by atoms with Crippen LogP contribution in [0.15, 0.2) is 41.7 Å². The molecule has 5 heteroatoms. The Bertz CT molecular complexity index is 507. The Labute approximate surface area is 104 Å². The van der Waals surface area contributed by atoms with Crippen LogP contribution in [0.5, 0.6) is 0 Å². The van der Waals surface area contributed by atoms with Gasteiger partial charge in [0.2, 0.25) is 0 Å². The van der Waals surface area contributed by atoms with Crippen LogP contribution in [0.2, 0.25) is 0 Å². The Morgan fingerprint density at radius 2 is 2.06 bits per heavy atom. The van der Waals surface area contributed by atoms with Crippen molar-refractivity contribution in [2.24, 2.45) is 0 Å². The van der Waals surface area contributed by atoms with E-state index in [9.17, 15) is 14.7 Å². The number of carbonyl (C=O) groups excluding carboxylic acids is 2. The second-order valence-electron chi connectivity index (χ2n) is 3.97. The Kier molecular flexibility index (Phi) is 3.32. The Hall–Kier alpha value is -2.30. The van der Waals surface area contributed by atoms with Crippen molar-refractivity contribution in [1.82, 2.24) is 4.90 Å². The van der Waals surface area contributed by atoms with Crippen LogP contribution < -0.4 is 0 Å². The first-order valence-electron chi connectivity index (χ1n) is 5.47. The Balaban J connectivity index is 2.12. The van der Waals surface area contributed by atoms with E-state index in [1.807, 2.05) is 30.3 Å². The van der Waals surface area contributed by atoms with Crippen LogP contribution in [0.3, 0.4) is 0 Å². The molecule has 0 spiro atoms. The fourth-order valence-corrected chi connectivity index (χ4v) is 1.83. The highest BCUT2D eigenvalue weighted by molar-refractivity contribution is 6.04. The largest absolute Gasteiger partial charge is 0.503 e. The Morgan fingerprint density at radius 1 is 1.39 bits per heavy atom. The SMILES string of the molecule is COC(=O)C1=C(O)C(=O)N(Cc2ccccc2)C1. The van der Waals surface area contributed by atoms with Crippen LogP contribution in [-0.4, -0.2) is 35.5 Å². The molecule has 18 heavy (non-hydrogen) atoms. The Morgan fingerprint density at radius 3 is 2.67 bits per heavy atom. The molecule has 5 nitrogen and oxygen atoms in total. The van der Waals surface area contributed by atoms with Crippen LogP contribution in [0.25, 0.3) is 0 Å². The molecule has 0 atom stereocenters. The topological polar surface area (TPSA) is 66.8 Å². The van der Waals surface area contributed by atoms with Crippen LogP contribution in [-0.2, 0) is 20.9 Å². The lowest BCUT2D eigenvalue weighted by Crippen LogP contribution is -2.27. The number of aliphatic hydroxyl groups excluding tert-OH is 1. The van der Waals surface area contributed by atoms with Gasteiger partial charge in [-0.3, -0.25) is 4.79 Å². The molecule has 2 rings (SSSR count). The monoisotopic (exact) mass is 247 g/mol. The van der Waals surface area contributed by atoms with Crippen LogP contribution in [0.1, 0.15) is 5.56 Å². The number of carbonyl (C=O) groups is 2. The predicted octanol–water partition coefficient (Wildman–Crippen LogP) is 1.01. The van der Waals surface area contributed by atoms with Crippen LogP contribution >= 0.6 is 0 Å². The number of amides is 1. The van der Waals surface area contributed by atoms with Gasteiger partial charge in [-0.25, -0.2) is 4.79 Å². The second-order valence-corrected chi connectivity index (χ2v) is 3.97. The third kappa shape index (κ3) is 2.20. The van der Waals surface area contributed by atoms with E-state index >= 15 is 0 Å². The summed E-state index contributed by atoms with van der Waals surface area (Å²) in [7, 11) is 1.22. The average molecular weight is 247 g/mol. The summed E-state index contributed by atoms with van der Waals surface area (Å²) < 4.78 is 4.52. The first kappa shape index (κ1) is 12.2. The molecule has 0 bridgehead atoms. The molecule has 0 aliphatic carbocycles. The van der Waals surface area contributed by atoms with Gasteiger partial charge in [-0.15, -0.1) is 0 Å². The average Bonchev–Trinajstić information content (AvgIpc) is 2.67. The highest BCUT2D eigenvalue weighted by Crippen LogP contribution is 2.20.